The van der Waals surface area contributed by atoms with Crippen LogP contribution in [0.2, 0.25) is 0 Å². The van der Waals surface area contributed by atoms with Crippen molar-refractivity contribution in [2.75, 3.05) is 0 Å². The molecule has 4 aliphatic carbocycles. The first-order chi connectivity index (χ1) is 13.7. The third kappa shape index (κ3) is 3.56. The molecule has 0 unspecified atom stereocenters. The van der Waals surface area contributed by atoms with Gasteiger partial charge in [0.1, 0.15) is 0 Å². The lowest BCUT2D eigenvalue weighted by atomic mass is 9.47. The molecule has 0 bridgehead atoms. The first-order valence-corrected chi connectivity index (χ1v) is 12.6. The van der Waals surface area contributed by atoms with E-state index in [4.69, 9.17) is 0 Å². The Morgan fingerprint density at radius 1 is 0.966 bits per heavy atom. The lowest BCUT2D eigenvalue weighted by Crippen LogP contribution is -2.52. The summed E-state index contributed by atoms with van der Waals surface area (Å²) in [7, 11) is 0. The SMILES string of the molecule is CC(C)CCC[C@H](C)[C@@H]1CC[C@@H]2C3=CC(=O)[C@@H]4C[C@@H](O)CC[C@]4(C)[C@H]3CC[C@@]21C. The Bertz CT molecular complexity index is 663. The van der Waals surface area contributed by atoms with E-state index in [1.165, 1.54) is 50.5 Å². The summed E-state index contributed by atoms with van der Waals surface area (Å²) < 4.78 is 0. The average Bonchev–Trinajstić information content (AvgIpc) is 3.00. The van der Waals surface area contributed by atoms with Crippen molar-refractivity contribution >= 4 is 5.78 Å². The molecule has 2 nitrogen and oxygen atoms in total. The first-order valence-electron chi connectivity index (χ1n) is 12.6. The topological polar surface area (TPSA) is 37.3 Å². The van der Waals surface area contributed by atoms with Crippen LogP contribution < -0.4 is 0 Å². The van der Waals surface area contributed by atoms with Gasteiger partial charge in [-0.25, -0.2) is 0 Å². The van der Waals surface area contributed by atoms with E-state index >= 15 is 0 Å². The largest absolute Gasteiger partial charge is 0.393 e. The Hall–Kier alpha value is -0.630. The van der Waals surface area contributed by atoms with Crippen LogP contribution in [-0.4, -0.2) is 17.0 Å². The molecule has 0 saturated heterocycles. The van der Waals surface area contributed by atoms with Gasteiger partial charge in [-0.2, -0.15) is 0 Å². The fraction of sp³-hybridized carbons (Fsp3) is 0.889. The van der Waals surface area contributed by atoms with Gasteiger partial charge in [0.25, 0.3) is 0 Å². The number of aliphatic hydroxyl groups excluding tert-OH is 1. The second-order valence-electron chi connectivity index (χ2n) is 12.2. The number of fused-ring (bicyclic) bond motifs is 5. The van der Waals surface area contributed by atoms with Crippen molar-refractivity contribution in [3.63, 3.8) is 0 Å². The van der Waals surface area contributed by atoms with Gasteiger partial charge in [0.2, 0.25) is 0 Å². The summed E-state index contributed by atoms with van der Waals surface area (Å²) in [5.41, 5.74) is 2.00. The lowest BCUT2D eigenvalue weighted by molar-refractivity contribution is -0.132. The number of ketones is 1. The lowest BCUT2D eigenvalue weighted by Gasteiger charge is -2.57. The summed E-state index contributed by atoms with van der Waals surface area (Å²) in [5, 5.41) is 10.2. The minimum absolute atomic E-state index is 0.0523. The first kappa shape index (κ1) is 21.6. The maximum Gasteiger partial charge on any atom is 0.159 e. The van der Waals surface area contributed by atoms with E-state index in [1.54, 1.807) is 0 Å². The van der Waals surface area contributed by atoms with Crippen molar-refractivity contribution in [1.82, 2.24) is 0 Å². The van der Waals surface area contributed by atoms with Crippen LogP contribution in [0, 0.1) is 46.3 Å². The van der Waals surface area contributed by atoms with E-state index in [9.17, 15) is 9.90 Å². The van der Waals surface area contributed by atoms with Crippen LogP contribution in [0.5, 0.6) is 0 Å². The molecule has 1 N–H and O–H groups in total. The average molecular weight is 401 g/mol. The number of hydrogen-bond acceptors (Lipinski definition) is 2. The molecule has 8 atom stereocenters. The zero-order valence-corrected chi connectivity index (χ0v) is 19.5. The van der Waals surface area contributed by atoms with Gasteiger partial charge < -0.3 is 5.11 Å². The molecular weight excluding hydrogens is 356 g/mol. The van der Waals surface area contributed by atoms with Crippen LogP contribution >= 0.6 is 0 Å². The van der Waals surface area contributed by atoms with Crippen molar-refractivity contribution in [2.24, 2.45) is 46.3 Å². The monoisotopic (exact) mass is 400 g/mol. The third-order valence-corrected chi connectivity index (χ3v) is 10.1. The molecule has 164 valence electrons. The quantitative estimate of drug-likeness (QED) is 0.567. The normalized spacial score (nSPS) is 45.4. The molecule has 0 radical (unpaired) electrons. The van der Waals surface area contributed by atoms with E-state index in [-0.39, 0.29) is 17.4 Å². The van der Waals surface area contributed by atoms with Crippen LogP contribution in [0.4, 0.5) is 0 Å². The van der Waals surface area contributed by atoms with Gasteiger partial charge in [-0.3, -0.25) is 4.79 Å². The highest BCUT2D eigenvalue weighted by Crippen LogP contribution is 2.66. The molecule has 2 heteroatoms. The van der Waals surface area contributed by atoms with Gasteiger partial charge in [0, 0.05) is 5.92 Å². The van der Waals surface area contributed by atoms with Gasteiger partial charge in [-0.05, 0) is 91.4 Å². The Morgan fingerprint density at radius 2 is 1.66 bits per heavy atom. The molecule has 29 heavy (non-hydrogen) atoms. The maximum absolute atomic E-state index is 13.2. The van der Waals surface area contributed by atoms with Crippen molar-refractivity contribution in [3.05, 3.63) is 11.6 Å². The van der Waals surface area contributed by atoms with Crippen molar-refractivity contribution in [1.29, 1.82) is 0 Å². The Balaban J connectivity index is 1.55. The van der Waals surface area contributed by atoms with Crippen molar-refractivity contribution in [2.45, 2.75) is 105 Å². The molecule has 0 aliphatic heterocycles. The number of rotatable bonds is 5. The second kappa shape index (κ2) is 7.81. The maximum atomic E-state index is 13.2. The van der Waals surface area contributed by atoms with Gasteiger partial charge in [-0.15, -0.1) is 0 Å². The predicted molar refractivity (Wildman–Crippen MR) is 119 cm³/mol. The van der Waals surface area contributed by atoms with E-state index in [1.807, 2.05) is 0 Å². The standard InChI is InChI=1S/C27H44O2/c1-17(2)7-6-8-18(3)21-9-10-22-20-16-25(29)24-15-19(28)11-13-27(24,5)23(20)12-14-26(21,22)4/h16-19,21-24,28H,6-15H2,1-5H3/t18-,19-,21-,22+,23-,24-,26+,27+/m0/s1. The van der Waals surface area contributed by atoms with E-state index in [0.29, 0.717) is 29.5 Å². The zero-order valence-electron chi connectivity index (χ0n) is 19.5. The molecule has 4 aliphatic rings. The highest BCUT2D eigenvalue weighted by molar-refractivity contribution is 5.94. The minimum atomic E-state index is -0.275. The van der Waals surface area contributed by atoms with E-state index in [2.05, 4.69) is 40.7 Å². The summed E-state index contributed by atoms with van der Waals surface area (Å²) in [5.74, 6) is 4.00. The number of carbonyl (C=O) groups excluding carboxylic acids is 1. The van der Waals surface area contributed by atoms with Crippen LogP contribution in [0.25, 0.3) is 0 Å². The molecule has 3 saturated carbocycles. The van der Waals surface area contributed by atoms with Crippen LogP contribution in [-0.2, 0) is 4.79 Å². The number of hydrogen-bond donors (Lipinski definition) is 1. The number of carbonyl (C=O) groups is 1. The third-order valence-electron chi connectivity index (χ3n) is 10.1. The minimum Gasteiger partial charge on any atom is -0.393 e. The summed E-state index contributed by atoms with van der Waals surface area (Å²) >= 11 is 0. The Labute approximate surface area is 178 Å². The van der Waals surface area contributed by atoms with Crippen molar-refractivity contribution in [3.8, 4) is 0 Å². The number of allylic oxidation sites excluding steroid dienone is 2. The molecule has 3 fully saturated rings. The molecule has 0 spiro atoms. The molecule has 0 heterocycles. The fourth-order valence-corrected chi connectivity index (χ4v) is 8.37. The van der Waals surface area contributed by atoms with Crippen LogP contribution in [0.1, 0.15) is 98.8 Å². The second-order valence-corrected chi connectivity index (χ2v) is 12.2. The predicted octanol–water partition coefficient (Wildman–Crippen LogP) is 6.57. The summed E-state index contributed by atoms with van der Waals surface area (Å²) in [6.07, 6.45) is 13.7. The molecule has 4 rings (SSSR count). The summed E-state index contributed by atoms with van der Waals surface area (Å²) in [4.78, 5) is 13.2. The molecule has 0 amide bonds. The van der Waals surface area contributed by atoms with Gasteiger partial charge in [0.15, 0.2) is 5.78 Å². The number of aliphatic hydroxyl groups is 1. The van der Waals surface area contributed by atoms with Gasteiger partial charge in [0.05, 0.1) is 6.10 Å². The molecule has 0 aromatic carbocycles. The zero-order chi connectivity index (χ0) is 21.0. The Kier molecular flexibility index (Phi) is 5.82. The van der Waals surface area contributed by atoms with Gasteiger partial charge >= 0.3 is 0 Å². The Morgan fingerprint density at radius 3 is 2.38 bits per heavy atom. The van der Waals surface area contributed by atoms with Crippen molar-refractivity contribution < 1.29 is 9.90 Å². The van der Waals surface area contributed by atoms with Crippen LogP contribution in [0.3, 0.4) is 0 Å². The smallest absolute Gasteiger partial charge is 0.159 e. The summed E-state index contributed by atoms with van der Waals surface area (Å²) in [6.45, 7) is 12.1. The molecular formula is C27H44O2. The van der Waals surface area contributed by atoms with E-state index < -0.39 is 0 Å². The fourth-order valence-electron chi connectivity index (χ4n) is 8.37. The van der Waals surface area contributed by atoms with Gasteiger partial charge in [-0.1, -0.05) is 59.5 Å². The molecule has 0 aromatic heterocycles. The van der Waals surface area contributed by atoms with E-state index in [0.717, 1.165) is 30.6 Å². The highest BCUT2D eigenvalue weighted by Gasteiger charge is 2.59. The van der Waals surface area contributed by atoms with Crippen LogP contribution in [0.15, 0.2) is 11.6 Å². The molecule has 0 aromatic rings. The highest BCUT2D eigenvalue weighted by atomic mass is 16.3. The summed E-state index contributed by atoms with van der Waals surface area (Å²) in [6, 6.07) is 0.